The Morgan fingerprint density at radius 2 is 1.74 bits per heavy atom. The van der Waals surface area contributed by atoms with Gasteiger partial charge in [-0.15, -0.1) is 0 Å². The van der Waals surface area contributed by atoms with E-state index in [1.54, 1.807) is 37.1 Å². The highest BCUT2D eigenvalue weighted by Crippen LogP contribution is 2.43. The van der Waals surface area contributed by atoms with Crippen molar-refractivity contribution in [2.24, 2.45) is 7.05 Å². The van der Waals surface area contributed by atoms with Crippen LogP contribution in [-0.4, -0.2) is 83.8 Å². The van der Waals surface area contributed by atoms with E-state index in [-0.39, 0.29) is 23.0 Å². The van der Waals surface area contributed by atoms with E-state index in [1.807, 2.05) is 11.0 Å². The molecule has 0 saturated carbocycles. The first kappa shape index (κ1) is 33.4. The number of aromatic nitrogens is 5. The molecule has 1 saturated heterocycles. The van der Waals surface area contributed by atoms with Crippen LogP contribution >= 0.6 is 0 Å². The summed E-state index contributed by atoms with van der Waals surface area (Å²) in [5.41, 5.74) is 6.21. The molecule has 260 valence electrons. The second kappa shape index (κ2) is 14.0. The van der Waals surface area contributed by atoms with Crippen LogP contribution in [0.3, 0.4) is 0 Å². The van der Waals surface area contributed by atoms with Crippen molar-refractivity contribution < 1.29 is 23.5 Å². The number of alkyl halides is 2. The van der Waals surface area contributed by atoms with E-state index in [9.17, 15) is 18.4 Å². The second-order valence-electron chi connectivity index (χ2n) is 13.3. The molecule has 50 heavy (non-hydrogen) atoms. The number of hydrogen-bond acceptors (Lipinski definition) is 7. The maximum atomic E-state index is 14.5. The molecule has 6 heterocycles. The summed E-state index contributed by atoms with van der Waals surface area (Å²) in [4.78, 5) is 38.4. The Labute approximate surface area is 289 Å². The summed E-state index contributed by atoms with van der Waals surface area (Å²) in [5.74, 6) is 6.58. The molecule has 0 spiro atoms. The molecule has 1 N–H and O–H groups in total. The van der Waals surface area contributed by atoms with Crippen LogP contribution in [0.1, 0.15) is 77.1 Å². The van der Waals surface area contributed by atoms with Crippen molar-refractivity contribution in [2.75, 3.05) is 37.6 Å². The molecule has 1 aromatic carbocycles. The average molecular weight is 683 g/mol. The number of carboxylic acids is 1. The van der Waals surface area contributed by atoms with Crippen LogP contribution in [0.25, 0.3) is 11.1 Å². The molecule has 1 fully saturated rings. The van der Waals surface area contributed by atoms with Gasteiger partial charge in [-0.3, -0.25) is 14.4 Å². The summed E-state index contributed by atoms with van der Waals surface area (Å²) in [5, 5.41) is 13.3. The van der Waals surface area contributed by atoms with Gasteiger partial charge in [0, 0.05) is 98.8 Å². The highest BCUT2D eigenvalue weighted by molar-refractivity contribution is 5.86. The van der Waals surface area contributed by atoms with Crippen LogP contribution in [0.5, 0.6) is 0 Å². The first-order chi connectivity index (χ1) is 24.2. The molecule has 11 nitrogen and oxygen atoms in total. The van der Waals surface area contributed by atoms with Crippen LogP contribution in [0.2, 0.25) is 0 Å². The van der Waals surface area contributed by atoms with Gasteiger partial charge in [-0.05, 0) is 62.0 Å². The predicted molar refractivity (Wildman–Crippen MR) is 183 cm³/mol. The Kier molecular flexibility index (Phi) is 9.38. The van der Waals surface area contributed by atoms with E-state index in [4.69, 9.17) is 5.11 Å². The zero-order valence-corrected chi connectivity index (χ0v) is 28.3. The number of anilines is 2. The molecule has 3 aromatic heterocycles. The number of likely N-dealkylation sites (tertiary alicyclic amines) is 1. The summed E-state index contributed by atoms with van der Waals surface area (Å²) in [7, 11) is 1.78. The molecule has 7 rings (SSSR count). The molecule has 0 unspecified atom stereocenters. The molecule has 13 heteroatoms. The lowest BCUT2D eigenvalue weighted by Gasteiger charge is -2.34. The van der Waals surface area contributed by atoms with Gasteiger partial charge in [0.05, 0.1) is 30.5 Å². The third-order valence-corrected chi connectivity index (χ3v) is 10.2. The van der Waals surface area contributed by atoms with Crippen molar-refractivity contribution in [1.29, 1.82) is 0 Å². The number of benzene rings is 1. The van der Waals surface area contributed by atoms with Gasteiger partial charge in [-0.1, -0.05) is 11.8 Å². The number of amides is 1. The summed E-state index contributed by atoms with van der Waals surface area (Å²) in [6.45, 7) is 6.20. The van der Waals surface area contributed by atoms with Crippen molar-refractivity contribution in [2.45, 2.75) is 64.5 Å². The van der Waals surface area contributed by atoms with E-state index < -0.39 is 12.4 Å². The molecular weight excluding hydrogens is 642 g/mol. The van der Waals surface area contributed by atoms with Crippen LogP contribution in [-0.2, 0) is 37.8 Å². The number of carbonyl (C=O) groups excluding carboxylic acids is 1. The minimum Gasteiger partial charge on any atom is -0.478 e. The Balaban J connectivity index is 1.10. The summed E-state index contributed by atoms with van der Waals surface area (Å²) >= 11 is 0. The average Bonchev–Trinajstić information content (AvgIpc) is 3.72. The van der Waals surface area contributed by atoms with E-state index in [0.717, 1.165) is 67.0 Å². The number of rotatable bonds is 7. The maximum absolute atomic E-state index is 14.5. The number of carbonyl (C=O) groups is 2. The Bertz CT molecular complexity index is 1970. The van der Waals surface area contributed by atoms with Crippen molar-refractivity contribution in [3.63, 3.8) is 0 Å². The fraction of sp³-hybridized carbons (Fsp3) is 0.432. The van der Waals surface area contributed by atoms with Gasteiger partial charge < -0.3 is 19.5 Å². The molecular formula is C37H40F2N8O3. The maximum Gasteiger partial charge on any atom is 0.338 e. The quantitative estimate of drug-likeness (QED) is 0.266. The zero-order chi connectivity index (χ0) is 34.9. The van der Waals surface area contributed by atoms with Crippen molar-refractivity contribution in [1.82, 2.24) is 34.1 Å². The van der Waals surface area contributed by atoms with Crippen molar-refractivity contribution in [3.05, 3.63) is 76.9 Å². The Hall–Kier alpha value is -5.09. The highest BCUT2D eigenvalue weighted by atomic mass is 19.3. The predicted octanol–water partition coefficient (Wildman–Crippen LogP) is 5.19. The summed E-state index contributed by atoms with van der Waals surface area (Å²) in [6, 6.07) is 3.55. The second-order valence-corrected chi connectivity index (χ2v) is 13.3. The molecule has 4 aromatic rings. The zero-order valence-electron chi connectivity index (χ0n) is 28.3. The van der Waals surface area contributed by atoms with Crippen molar-refractivity contribution >= 4 is 23.3 Å². The normalized spacial score (nSPS) is 16.6. The van der Waals surface area contributed by atoms with Gasteiger partial charge in [0.1, 0.15) is 5.82 Å². The molecule has 0 atom stereocenters. The number of fused-ring (bicyclic) bond motifs is 2. The molecule has 0 bridgehead atoms. The SMILES string of the molecule is CC(=O)N1CCc2c(c(N3CCCc4cc(-c5cnn(C)c5)c(C(F)F)cc43)cn2CC#CCN2CCC(c3ncc(C(=O)O)cn3)CC2)C1. The van der Waals surface area contributed by atoms with Gasteiger partial charge in [0.2, 0.25) is 5.91 Å². The van der Waals surface area contributed by atoms with Gasteiger partial charge in [-0.25, -0.2) is 23.5 Å². The number of aromatic carboxylic acids is 1. The van der Waals surface area contributed by atoms with E-state index >= 15 is 0 Å². The molecule has 3 aliphatic rings. The van der Waals surface area contributed by atoms with Crippen molar-refractivity contribution in [3.8, 4) is 23.0 Å². The van der Waals surface area contributed by atoms with Crippen LogP contribution in [0, 0.1) is 11.8 Å². The van der Waals surface area contributed by atoms with Gasteiger partial charge in [-0.2, -0.15) is 5.10 Å². The minimum absolute atomic E-state index is 0.0131. The molecule has 1 amide bonds. The first-order valence-corrected chi connectivity index (χ1v) is 17.1. The lowest BCUT2D eigenvalue weighted by molar-refractivity contribution is -0.129. The number of hydrogen-bond donors (Lipinski definition) is 1. The lowest BCUT2D eigenvalue weighted by atomic mass is 9.92. The minimum atomic E-state index is -2.65. The summed E-state index contributed by atoms with van der Waals surface area (Å²) < 4.78 is 32.9. The third kappa shape index (κ3) is 6.72. The largest absolute Gasteiger partial charge is 0.478 e. The Morgan fingerprint density at radius 3 is 2.42 bits per heavy atom. The van der Waals surface area contributed by atoms with Crippen LogP contribution in [0.15, 0.2) is 43.1 Å². The molecule has 0 radical (unpaired) electrons. The number of aryl methyl sites for hydroxylation is 2. The standard InChI is InChI=1S/C37H40F2N8O3/c1-24(48)45-15-9-32-31(22-45)34(47-12-5-6-26-16-29(28-20-42-43(2)21-28)30(35(38)39)17-33(26)47)23-46(32)11-4-3-10-44-13-7-25(8-14-44)36-40-18-27(19-41-36)37(49)50/h16-21,23,25,35H,5-15,22H2,1-2H3,(H,49,50). The number of nitrogens with zero attached hydrogens (tertiary/aromatic N) is 8. The fourth-order valence-corrected chi connectivity index (χ4v) is 7.45. The van der Waals surface area contributed by atoms with E-state index in [2.05, 4.69) is 47.5 Å². The highest BCUT2D eigenvalue weighted by Gasteiger charge is 2.31. The van der Waals surface area contributed by atoms with Crippen LogP contribution < -0.4 is 4.90 Å². The summed E-state index contributed by atoms with van der Waals surface area (Å²) in [6.07, 6.45) is 9.70. The van der Waals surface area contributed by atoms with E-state index in [0.29, 0.717) is 56.1 Å². The molecule has 3 aliphatic heterocycles. The molecule has 0 aliphatic carbocycles. The smallest absolute Gasteiger partial charge is 0.338 e. The van der Waals surface area contributed by atoms with E-state index in [1.165, 1.54) is 12.4 Å². The number of carboxylic acid groups (broad SMARTS) is 1. The Morgan fingerprint density at radius 1 is 0.980 bits per heavy atom. The van der Waals surface area contributed by atoms with Gasteiger partial charge in [0.25, 0.3) is 6.43 Å². The van der Waals surface area contributed by atoms with Gasteiger partial charge >= 0.3 is 5.97 Å². The number of piperidine rings is 1. The topological polar surface area (TPSA) is 113 Å². The fourth-order valence-electron chi connectivity index (χ4n) is 7.45. The van der Waals surface area contributed by atoms with Gasteiger partial charge in [0.15, 0.2) is 0 Å². The van der Waals surface area contributed by atoms with Crippen LogP contribution in [0.4, 0.5) is 20.2 Å². The monoisotopic (exact) mass is 682 g/mol. The third-order valence-electron chi connectivity index (χ3n) is 10.2. The lowest BCUT2D eigenvalue weighted by Crippen LogP contribution is -2.35. The first-order valence-electron chi connectivity index (χ1n) is 17.1. The number of halogens is 2.